The van der Waals surface area contributed by atoms with Crippen molar-refractivity contribution in [3.05, 3.63) is 55.3 Å². The molecule has 0 aliphatic heterocycles. The quantitative estimate of drug-likeness (QED) is 0.544. The third-order valence-corrected chi connectivity index (χ3v) is 5.59. The van der Waals surface area contributed by atoms with Crippen LogP contribution in [0.3, 0.4) is 0 Å². The fourth-order valence-corrected chi connectivity index (χ4v) is 4.21. The normalized spacial score (nSPS) is 12.9. The van der Waals surface area contributed by atoms with Gasteiger partial charge in [0, 0.05) is 38.3 Å². The van der Waals surface area contributed by atoms with E-state index < -0.39 is 0 Å². The first-order valence-electron chi connectivity index (χ1n) is 6.76. The molecule has 110 valence electrons. The van der Waals surface area contributed by atoms with E-state index in [0.29, 0.717) is 0 Å². The predicted molar refractivity (Wildman–Crippen MR) is 100 cm³/mol. The van der Waals surface area contributed by atoms with E-state index in [9.17, 15) is 0 Å². The Bertz CT molecular complexity index is 724. The maximum absolute atomic E-state index is 4.70. The van der Waals surface area contributed by atoms with Crippen LogP contribution in [0.5, 0.6) is 0 Å². The van der Waals surface area contributed by atoms with Gasteiger partial charge in [0.1, 0.15) is 0 Å². The summed E-state index contributed by atoms with van der Waals surface area (Å²) in [6, 6.07) is 6.72. The lowest BCUT2D eigenvalue weighted by molar-refractivity contribution is 0.543. The Hall–Kier alpha value is -0.440. The predicted octanol–water partition coefficient (Wildman–Crippen LogP) is 4.66. The Morgan fingerprint density at radius 1 is 1.48 bits per heavy atom. The van der Waals surface area contributed by atoms with E-state index >= 15 is 0 Å². The van der Waals surface area contributed by atoms with Crippen molar-refractivity contribution in [3.8, 4) is 0 Å². The number of halogens is 2. The molecule has 2 aromatic heterocycles. The standard InChI is InChI=1S/C15H15BrIN3S/c1-2-18-14(12-7-10(16)3-4-13(12)17)8-11-9-20-5-6-21-15(20)19-11/h3-7,9,14,18H,2,8H2,1H3. The van der Waals surface area contributed by atoms with E-state index in [0.717, 1.165) is 28.1 Å². The van der Waals surface area contributed by atoms with Gasteiger partial charge in [-0.1, -0.05) is 22.9 Å². The molecule has 0 aliphatic carbocycles. The molecular formula is C15H15BrIN3S. The van der Waals surface area contributed by atoms with Gasteiger partial charge in [-0.05, 0) is 52.9 Å². The molecular weight excluding hydrogens is 461 g/mol. The van der Waals surface area contributed by atoms with Gasteiger partial charge in [-0.2, -0.15) is 0 Å². The molecule has 3 aromatic rings. The van der Waals surface area contributed by atoms with E-state index in [1.807, 2.05) is 0 Å². The van der Waals surface area contributed by atoms with Crippen LogP contribution in [0.4, 0.5) is 0 Å². The molecule has 0 radical (unpaired) electrons. The van der Waals surface area contributed by atoms with Gasteiger partial charge in [0.05, 0.1) is 5.69 Å². The molecule has 1 aromatic carbocycles. The lowest BCUT2D eigenvalue weighted by Gasteiger charge is -2.19. The van der Waals surface area contributed by atoms with Gasteiger partial charge in [0.15, 0.2) is 4.96 Å². The summed E-state index contributed by atoms with van der Waals surface area (Å²) in [5, 5.41) is 5.64. The molecule has 0 saturated heterocycles. The Labute approximate surface area is 150 Å². The van der Waals surface area contributed by atoms with E-state index in [-0.39, 0.29) is 6.04 Å². The average Bonchev–Trinajstić information content (AvgIpc) is 3.02. The first-order valence-corrected chi connectivity index (χ1v) is 9.52. The molecule has 2 heterocycles. The van der Waals surface area contributed by atoms with Crippen molar-refractivity contribution in [2.24, 2.45) is 0 Å². The van der Waals surface area contributed by atoms with Crippen molar-refractivity contribution in [1.82, 2.24) is 14.7 Å². The molecule has 0 bridgehead atoms. The molecule has 1 atom stereocenters. The van der Waals surface area contributed by atoms with Gasteiger partial charge >= 0.3 is 0 Å². The molecule has 0 amide bonds. The van der Waals surface area contributed by atoms with E-state index in [2.05, 4.69) is 91.1 Å². The summed E-state index contributed by atoms with van der Waals surface area (Å²) in [5.41, 5.74) is 2.45. The summed E-state index contributed by atoms with van der Waals surface area (Å²) in [7, 11) is 0. The second-order valence-corrected chi connectivity index (χ2v) is 7.76. The summed E-state index contributed by atoms with van der Waals surface area (Å²) in [4.78, 5) is 5.76. The average molecular weight is 476 g/mol. The summed E-state index contributed by atoms with van der Waals surface area (Å²) in [5.74, 6) is 0. The Balaban J connectivity index is 1.90. The Morgan fingerprint density at radius 2 is 2.33 bits per heavy atom. The third-order valence-electron chi connectivity index (χ3n) is 3.34. The number of fused-ring (bicyclic) bond motifs is 1. The fourth-order valence-electron chi connectivity index (χ4n) is 2.40. The third kappa shape index (κ3) is 3.49. The largest absolute Gasteiger partial charge is 0.310 e. The van der Waals surface area contributed by atoms with Crippen molar-refractivity contribution >= 4 is 54.8 Å². The van der Waals surface area contributed by atoms with Crippen LogP contribution in [-0.2, 0) is 6.42 Å². The highest BCUT2D eigenvalue weighted by atomic mass is 127. The van der Waals surface area contributed by atoms with E-state index in [4.69, 9.17) is 4.98 Å². The zero-order valence-electron chi connectivity index (χ0n) is 11.5. The smallest absolute Gasteiger partial charge is 0.193 e. The lowest BCUT2D eigenvalue weighted by Crippen LogP contribution is -2.24. The molecule has 1 unspecified atom stereocenters. The summed E-state index contributed by atoms with van der Waals surface area (Å²) >= 11 is 7.65. The Morgan fingerprint density at radius 3 is 3.10 bits per heavy atom. The highest BCUT2D eigenvalue weighted by Crippen LogP contribution is 2.27. The second kappa shape index (κ2) is 6.76. The monoisotopic (exact) mass is 475 g/mol. The molecule has 21 heavy (non-hydrogen) atoms. The maximum atomic E-state index is 4.70. The maximum Gasteiger partial charge on any atom is 0.193 e. The van der Waals surface area contributed by atoms with Crippen LogP contribution >= 0.6 is 49.9 Å². The van der Waals surface area contributed by atoms with Gasteiger partial charge in [0.25, 0.3) is 0 Å². The van der Waals surface area contributed by atoms with Gasteiger partial charge in [-0.15, -0.1) is 11.3 Å². The Kier molecular flexibility index (Phi) is 4.98. The number of aromatic nitrogens is 2. The van der Waals surface area contributed by atoms with Crippen molar-refractivity contribution < 1.29 is 0 Å². The number of imidazole rings is 1. The lowest BCUT2D eigenvalue weighted by atomic mass is 10.0. The van der Waals surface area contributed by atoms with Gasteiger partial charge < -0.3 is 5.32 Å². The van der Waals surface area contributed by atoms with Gasteiger partial charge in [-0.3, -0.25) is 4.40 Å². The number of benzene rings is 1. The molecule has 3 nitrogen and oxygen atoms in total. The van der Waals surface area contributed by atoms with Crippen LogP contribution in [0, 0.1) is 3.57 Å². The zero-order chi connectivity index (χ0) is 14.8. The highest BCUT2D eigenvalue weighted by Gasteiger charge is 2.16. The zero-order valence-corrected chi connectivity index (χ0v) is 16.1. The van der Waals surface area contributed by atoms with Crippen molar-refractivity contribution in [2.45, 2.75) is 19.4 Å². The topological polar surface area (TPSA) is 29.3 Å². The number of hydrogen-bond donors (Lipinski definition) is 1. The van der Waals surface area contributed by atoms with Crippen LogP contribution in [0.15, 0.2) is 40.4 Å². The number of nitrogens with one attached hydrogen (secondary N) is 1. The van der Waals surface area contributed by atoms with Gasteiger partial charge in [0.2, 0.25) is 0 Å². The number of hydrogen-bond acceptors (Lipinski definition) is 3. The fraction of sp³-hybridized carbons (Fsp3) is 0.267. The van der Waals surface area contributed by atoms with E-state index in [1.54, 1.807) is 11.3 Å². The first kappa shape index (κ1) is 15.5. The van der Waals surface area contributed by atoms with Crippen LogP contribution in [-0.4, -0.2) is 15.9 Å². The van der Waals surface area contributed by atoms with Crippen LogP contribution in [0.2, 0.25) is 0 Å². The number of likely N-dealkylation sites (N-methyl/N-ethyl adjacent to an activating group) is 1. The van der Waals surface area contributed by atoms with Crippen molar-refractivity contribution in [3.63, 3.8) is 0 Å². The van der Waals surface area contributed by atoms with E-state index in [1.165, 1.54) is 9.13 Å². The van der Waals surface area contributed by atoms with Crippen molar-refractivity contribution in [1.29, 1.82) is 0 Å². The van der Waals surface area contributed by atoms with Crippen LogP contribution < -0.4 is 5.32 Å². The number of thiazole rings is 1. The highest BCUT2D eigenvalue weighted by molar-refractivity contribution is 14.1. The van der Waals surface area contributed by atoms with Crippen LogP contribution in [0.1, 0.15) is 24.2 Å². The second-order valence-electron chi connectivity index (χ2n) is 4.81. The summed E-state index contributed by atoms with van der Waals surface area (Å²) < 4.78 is 4.49. The molecule has 0 spiro atoms. The summed E-state index contributed by atoms with van der Waals surface area (Å²) in [6.45, 7) is 3.08. The van der Waals surface area contributed by atoms with Gasteiger partial charge in [-0.25, -0.2) is 4.98 Å². The molecule has 0 aliphatic rings. The molecule has 1 N–H and O–H groups in total. The molecule has 6 heteroatoms. The first-order chi connectivity index (χ1) is 10.2. The SMILES string of the molecule is CCNC(Cc1cn2ccsc2n1)c1cc(Br)ccc1I. The number of rotatable bonds is 5. The van der Waals surface area contributed by atoms with Crippen molar-refractivity contribution in [2.75, 3.05) is 6.54 Å². The molecule has 0 fully saturated rings. The minimum absolute atomic E-state index is 0.281. The minimum atomic E-state index is 0.281. The number of nitrogens with zero attached hydrogens (tertiary/aromatic N) is 2. The molecule has 0 saturated carbocycles. The van der Waals surface area contributed by atoms with Crippen LogP contribution in [0.25, 0.3) is 4.96 Å². The summed E-state index contributed by atoms with van der Waals surface area (Å²) in [6.07, 6.45) is 5.08. The molecule has 3 rings (SSSR count). The minimum Gasteiger partial charge on any atom is -0.310 e.